The summed E-state index contributed by atoms with van der Waals surface area (Å²) < 4.78 is 0. The van der Waals surface area contributed by atoms with Crippen LogP contribution < -0.4 is 4.90 Å². The lowest BCUT2D eigenvalue weighted by Crippen LogP contribution is -2.40. The van der Waals surface area contributed by atoms with Gasteiger partial charge in [0.1, 0.15) is 5.82 Å². The first kappa shape index (κ1) is 11.7. The van der Waals surface area contributed by atoms with Gasteiger partial charge in [-0.15, -0.1) is 11.6 Å². The topological polar surface area (TPSA) is 16.1 Å². The van der Waals surface area contributed by atoms with E-state index >= 15 is 0 Å². The first-order valence-electron chi connectivity index (χ1n) is 6.07. The van der Waals surface area contributed by atoms with E-state index in [0.29, 0.717) is 6.04 Å². The fraction of sp³-hybridized carbons (Fsp3) is 0.615. The van der Waals surface area contributed by atoms with E-state index < -0.39 is 0 Å². The third-order valence-corrected chi connectivity index (χ3v) is 3.54. The smallest absolute Gasteiger partial charge is 0.131 e. The van der Waals surface area contributed by atoms with Crippen molar-refractivity contribution in [3.8, 4) is 0 Å². The average Bonchev–Trinajstić information content (AvgIpc) is 2.31. The zero-order chi connectivity index (χ0) is 11.4. The third kappa shape index (κ3) is 2.49. The minimum absolute atomic E-state index is 0.583. The molecule has 0 saturated carbocycles. The number of aryl methyl sites for hydroxylation is 1. The predicted octanol–water partition coefficient (Wildman–Crippen LogP) is 3.38. The normalized spacial score (nSPS) is 21.1. The van der Waals surface area contributed by atoms with Crippen LogP contribution >= 0.6 is 11.6 Å². The molecule has 0 amide bonds. The number of halogens is 1. The van der Waals surface area contributed by atoms with Crippen LogP contribution in [-0.4, -0.2) is 23.5 Å². The summed E-state index contributed by atoms with van der Waals surface area (Å²) in [5.41, 5.74) is 1.27. The average molecular weight is 239 g/mol. The van der Waals surface area contributed by atoms with Crippen molar-refractivity contribution < 1.29 is 0 Å². The molecule has 88 valence electrons. The van der Waals surface area contributed by atoms with E-state index in [2.05, 4.69) is 22.9 Å². The van der Waals surface area contributed by atoms with Crippen molar-refractivity contribution in [2.75, 3.05) is 17.3 Å². The molecule has 0 aliphatic carbocycles. The summed E-state index contributed by atoms with van der Waals surface area (Å²) >= 11 is 5.88. The summed E-state index contributed by atoms with van der Waals surface area (Å²) in [6.45, 7) is 3.26. The molecule has 3 heteroatoms. The second-order valence-corrected chi connectivity index (χ2v) is 4.84. The fourth-order valence-corrected chi connectivity index (χ4v) is 2.74. The molecule has 1 atom stereocenters. The molecule has 16 heavy (non-hydrogen) atoms. The van der Waals surface area contributed by atoms with Crippen molar-refractivity contribution in [1.82, 2.24) is 4.98 Å². The second kappa shape index (κ2) is 5.53. The Bertz CT molecular complexity index is 338. The maximum absolute atomic E-state index is 5.88. The molecule has 1 aromatic heterocycles. The molecule has 1 saturated heterocycles. The zero-order valence-corrected chi connectivity index (χ0v) is 10.6. The second-order valence-electron chi connectivity index (χ2n) is 4.46. The summed E-state index contributed by atoms with van der Waals surface area (Å²) in [7, 11) is 0. The van der Waals surface area contributed by atoms with E-state index in [1.165, 1.54) is 24.8 Å². The Morgan fingerprint density at radius 2 is 2.38 bits per heavy atom. The van der Waals surface area contributed by atoms with Gasteiger partial charge in [0, 0.05) is 24.7 Å². The number of anilines is 1. The van der Waals surface area contributed by atoms with Crippen LogP contribution in [-0.2, 0) is 0 Å². The molecule has 0 bridgehead atoms. The number of rotatable bonds is 3. The Hall–Kier alpha value is -0.760. The maximum atomic E-state index is 5.88. The van der Waals surface area contributed by atoms with Gasteiger partial charge in [-0.1, -0.05) is 6.07 Å². The van der Waals surface area contributed by atoms with Gasteiger partial charge in [0.25, 0.3) is 0 Å². The first-order valence-corrected chi connectivity index (χ1v) is 6.60. The van der Waals surface area contributed by atoms with Gasteiger partial charge in [-0.3, -0.25) is 0 Å². The lowest BCUT2D eigenvalue weighted by molar-refractivity contribution is 0.447. The number of hydrogen-bond donors (Lipinski definition) is 0. The van der Waals surface area contributed by atoms with Gasteiger partial charge < -0.3 is 4.90 Å². The van der Waals surface area contributed by atoms with E-state index in [1.807, 2.05) is 12.3 Å². The number of aromatic nitrogens is 1. The van der Waals surface area contributed by atoms with Crippen molar-refractivity contribution in [2.24, 2.45) is 0 Å². The van der Waals surface area contributed by atoms with Gasteiger partial charge in [0.15, 0.2) is 0 Å². The number of alkyl halides is 1. The van der Waals surface area contributed by atoms with Crippen molar-refractivity contribution in [1.29, 1.82) is 0 Å². The van der Waals surface area contributed by atoms with Crippen LogP contribution in [0.3, 0.4) is 0 Å². The summed E-state index contributed by atoms with van der Waals surface area (Å²) in [4.78, 5) is 6.96. The highest BCUT2D eigenvalue weighted by Gasteiger charge is 2.23. The van der Waals surface area contributed by atoms with Gasteiger partial charge in [-0.2, -0.15) is 0 Å². The molecule has 2 heterocycles. The quantitative estimate of drug-likeness (QED) is 0.751. The van der Waals surface area contributed by atoms with Gasteiger partial charge in [0.2, 0.25) is 0 Å². The molecule has 1 aliphatic rings. The third-order valence-electron chi connectivity index (χ3n) is 3.32. The molecule has 2 rings (SSSR count). The van der Waals surface area contributed by atoms with Crippen LogP contribution in [0.25, 0.3) is 0 Å². The molecule has 2 nitrogen and oxygen atoms in total. The van der Waals surface area contributed by atoms with Gasteiger partial charge in [-0.05, 0) is 44.2 Å². The zero-order valence-electron chi connectivity index (χ0n) is 9.82. The molecule has 1 aromatic rings. The molecular weight excluding hydrogens is 220 g/mol. The van der Waals surface area contributed by atoms with Crippen molar-refractivity contribution in [2.45, 2.75) is 38.6 Å². The number of hydrogen-bond acceptors (Lipinski definition) is 2. The maximum Gasteiger partial charge on any atom is 0.131 e. The lowest BCUT2D eigenvalue weighted by Gasteiger charge is -2.37. The van der Waals surface area contributed by atoms with Crippen LogP contribution in [0, 0.1) is 6.92 Å². The van der Waals surface area contributed by atoms with Gasteiger partial charge in [0.05, 0.1) is 0 Å². The number of nitrogens with zero attached hydrogens (tertiary/aromatic N) is 2. The highest BCUT2D eigenvalue weighted by Crippen LogP contribution is 2.27. The lowest BCUT2D eigenvalue weighted by atomic mass is 9.99. The van der Waals surface area contributed by atoms with E-state index in [0.717, 1.165) is 24.7 Å². The Labute approximate surface area is 103 Å². The molecule has 1 fully saturated rings. The SMILES string of the molecule is Cc1cccnc1N1CCCCC1CCCl. The monoisotopic (exact) mass is 238 g/mol. The Morgan fingerprint density at radius 1 is 1.50 bits per heavy atom. The van der Waals surface area contributed by atoms with E-state index in [4.69, 9.17) is 11.6 Å². The molecule has 1 unspecified atom stereocenters. The van der Waals surface area contributed by atoms with Gasteiger partial charge in [-0.25, -0.2) is 4.98 Å². The summed E-state index contributed by atoms with van der Waals surface area (Å²) in [6, 6.07) is 4.72. The summed E-state index contributed by atoms with van der Waals surface area (Å²) in [5.74, 6) is 1.89. The van der Waals surface area contributed by atoms with Crippen LogP contribution in [0.15, 0.2) is 18.3 Å². The number of piperidine rings is 1. The van der Waals surface area contributed by atoms with Crippen LogP contribution in [0.2, 0.25) is 0 Å². The summed E-state index contributed by atoms with van der Waals surface area (Å²) in [6.07, 6.45) is 6.80. The molecule has 0 N–H and O–H groups in total. The minimum atomic E-state index is 0.583. The Balaban J connectivity index is 2.19. The minimum Gasteiger partial charge on any atom is -0.353 e. The van der Waals surface area contributed by atoms with E-state index in [9.17, 15) is 0 Å². The van der Waals surface area contributed by atoms with Crippen LogP contribution in [0.4, 0.5) is 5.82 Å². The highest BCUT2D eigenvalue weighted by atomic mass is 35.5. The Morgan fingerprint density at radius 3 is 3.12 bits per heavy atom. The largest absolute Gasteiger partial charge is 0.353 e. The Kier molecular flexibility index (Phi) is 4.05. The molecular formula is C13H19ClN2. The summed E-state index contributed by atoms with van der Waals surface area (Å²) in [5, 5.41) is 0. The fourth-order valence-electron chi connectivity index (χ4n) is 2.48. The highest BCUT2D eigenvalue weighted by molar-refractivity contribution is 6.17. The van der Waals surface area contributed by atoms with Crippen molar-refractivity contribution in [3.63, 3.8) is 0 Å². The van der Waals surface area contributed by atoms with Gasteiger partial charge >= 0.3 is 0 Å². The van der Waals surface area contributed by atoms with Crippen molar-refractivity contribution >= 4 is 17.4 Å². The van der Waals surface area contributed by atoms with E-state index in [-0.39, 0.29) is 0 Å². The first-order chi connectivity index (χ1) is 7.83. The van der Waals surface area contributed by atoms with Crippen LogP contribution in [0.1, 0.15) is 31.2 Å². The standard InChI is InChI=1S/C13H19ClN2/c1-11-5-4-9-15-13(11)16-10-3-2-6-12(16)7-8-14/h4-5,9,12H,2-3,6-8,10H2,1H3. The predicted molar refractivity (Wildman–Crippen MR) is 69.3 cm³/mol. The molecule has 1 aliphatic heterocycles. The van der Waals surface area contributed by atoms with E-state index in [1.54, 1.807) is 0 Å². The van der Waals surface area contributed by atoms with Crippen LogP contribution in [0.5, 0.6) is 0 Å². The van der Waals surface area contributed by atoms with Crippen molar-refractivity contribution in [3.05, 3.63) is 23.9 Å². The molecule has 0 aromatic carbocycles. The molecule has 0 radical (unpaired) electrons. The number of pyridine rings is 1. The molecule has 0 spiro atoms.